The first-order valence-electron chi connectivity index (χ1n) is 17.1. The average molecular weight is 628 g/mol. The third kappa shape index (κ3) is 3.95. The summed E-state index contributed by atoms with van der Waals surface area (Å²) in [6.07, 6.45) is 6.73. The molecule has 0 aliphatic heterocycles. The molecule has 2 aliphatic carbocycles. The van der Waals surface area contributed by atoms with Crippen LogP contribution in [-0.2, 0) is 11.8 Å². The van der Waals surface area contributed by atoms with Gasteiger partial charge in [-0.3, -0.25) is 0 Å². The largest absolute Gasteiger partial charge is 0.313 e. The highest BCUT2D eigenvalue weighted by atomic mass is 15.0. The Morgan fingerprint density at radius 3 is 2.08 bits per heavy atom. The van der Waals surface area contributed by atoms with E-state index in [1.165, 1.54) is 72.0 Å². The van der Waals surface area contributed by atoms with Gasteiger partial charge in [-0.15, -0.1) is 0 Å². The van der Waals surface area contributed by atoms with Crippen LogP contribution in [0.3, 0.4) is 0 Å². The number of nitriles is 1. The van der Waals surface area contributed by atoms with E-state index in [0.29, 0.717) is 5.56 Å². The summed E-state index contributed by atoms with van der Waals surface area (Å²) in [6, 6.07) is 48.6. The molecule has 3 heteroatoms. The molecular weight excluding hydrogens is 595 g/mol. The van der Waals surface area contributed by atoms with Crippen LogP contribution >= 0.6 is 0 Å². The van der Waals surface area contributed by atoms with Crippen molar-refractivity contribution in [2.24, 2.45) is 0 Å². The molecule has 0 amide bonds. The Labute approximate surface area is 285 Å². The average Bonchev–Trinajstić information content (AvgIpc) is 3.74. The van der Waals surface area contributed by atoms with E-state index >= 15 is 0 Å². The number of benzene rings is 6. The third-order valence-corrected chi connectivity index (χ3v) is 11.0. The summed E-state index contributed by atoms with van der Waals surface area (Å²) in [5, 5.41) is 13.1. The van der Waals surface area contributed by atoms with Gasteiger partial charge >= 0.3 is 0 Å². The minimum absolute atomic E-state index is 0.00426. The van der Waals surface area contributed by atoms with Crippen molar-refractivity contribution in [2.75, 3.05) is 0 Å². The van der Waals surface area contributed by atoms with Crippen LogP contribution in [0, 0.1) is 11.3 Å². The van der Waals surface area contributed by atoms with E-state index in [4.69, 9.17) is 0 Å². The Bertz CT molecular complexity index is 2740. The monoisotopic (exact) mass is 627 g/mol. The summed E-state index contributed by atoms with van der Waals surface area (Å²) in [5.74, 6) is 0. The highest BCUT2D eigenvalue weighted by Gasteiger charge is 2.35. The van der Waals surface area contributed by atoms with E-state index in [1.807, 2.05) is 24.3 Å². The van der Waals surface area contributed by atoms with E-state index in [-0.39, 0.29) is 5.41 Å². The van der Waals surface area contributed by atoms with Crippen molar-refractivity contribution in [3.63, 3.8) is 0 Å². The number of aromatic nitrogens is 2. The highest BCUT2D eigenvalue weighted by molar-refractivity contribution is 6.10. The minimum atomic E-state index is -0.00426. The van der Waals surface area contributed by atoms with Gasteiger partial charge in [0.05, 0.1) is 28.2 Å². The van der Waals surface area contributed by atoms with Crippen LogP contribution in [0.2, 0.25) is 0 Å². The zero-order valence-electron chi connectivity index (χ0n) is 27.5. The van der Waals surface area contributed by atoms with Crippen molar-refractivity contribution >= 4 is 38.8 Å². The SMILES string of the molecule is CC1(C)c2ccccc2-c2cc(-n3c4c(c5cc(-c6ccc7c(c6)c6ccccc6n7-c6ccc(C#N)cc6)ccc53)C=CCC4)ccc21. The van der Waals surface area contributed by atoms with E-state index in [2.05, 4.69) is 144 Å². The molecule has 0 unspecified atom stereocenters. The second-order valence-corrected chi connectivity index (χ2v) is 14.0. The molecule has 10 rings (SSSR count). The standard InChI is InChI=1S/C46H33N3/c1-46(2)40-12-6-3-9-34(40)37-27-33(21-22-41(37)46)49-43-14-8-5-11-36(43)39-26-31(18-24-45(39)49)30-17-23-44-38(25-30)35-10-4-7-13-42(35)48(44)32-19-15-29(28-47)16-20-32/h3-7,9-13,15-27H,8,14H2,1-2H3. The van der Waals surface area contributed by atoms with Crippen LogP contribution in [-0.4, -0.2) is 9.13 Å². The summed E-state index contributed by atoms with van der Waals surface area (Å²) in [4.78, 5) is 0. The molecule has 49 heavy (non-hydrogen) atoms. The molecule has 0 fully saturated rings. The molecule has 8 aromatic rings. The summed E-state index contributed by atoms with van der Waals surface area (Å²) < 4.78 is 4.82. The summed E-state index contributed by atoms with van der Waals surface area (Å²) in [5.41, 5.74) is 17.2. The maximum Gasteiger partial charge on any atom is 0.0991 e. The normalized spacial score (nSPS) is 14.2. The predicted molar refractivity (Wildman–Crippen MR) is 203 cm³/mol. The number of hydrogen-bond acceptors (Lipinski definition) is 1. The lowest BCUT2D eigenvalue weighted by Gasteiger charge is -2.21. The molecule has 0 saturated carbocycles. The van der Waals surface area contributed by atoms with Gasteiger partial charge in [0.25, 0.3) is 0 Å². The number of nitrogens with zero attached hydrogens (tertiary/aromatic N) is 3. The number of para-hydroxylation sites is 1. The second kappa shape index (κ2) is 10.2. The number of hydrogen-bond donors (Lipinski definition) is 0. The molecule has 0 radical (unpaired) electrons. The molecule has 0 spiro atoms. The van der Waals surface area contributed by atoms with E-state index in [0.717, 1.165) is 29.6 Å². The van der Waals surface area contributed by atoms with Crippen LogP contribution in [0.25, 0.3) is 72.4 Å². The van der Waals surface area contributed by atoms with E-state index in [1.54, 1.807) is 0 Å². The second-order valence-electron chi connectivity index (χ2n) is 14.0. The molecule has 0 bridgehead atoms. The summed E-state index contributed by atoms with van der Waals surface area (Å²) in [7, 11) is 0. The van der Waals surface area contributed by atoms with Gasteiger partial charge in [-0.05, 0) is 113 Å². The van der Waals surface area contributed by atoms with Gasteiger partial charge in [-0.1, -0.05) is 86.7 Å². The van der Waals surface area contributed by atoms with Gasteiger partial charge in [0, 0.05) is 44.2 Å². The molecule has 232 valence electrons. The van der Waals surface area contributed by atoms with Crippen molar-refractivity contribution < 1.29 is 0 Å². The zero-order valence-corrected chi connectivity index (χ0v) is 27.5. The molecule has 3 nitrogen and oxygen atoms in total. The molecular formula is C46H33N3. The smallest absolute Gasteiger partial charge is 0.0991 e. The van der Waals surface area contributed by atoms with Crippen LogP contribution < -0.4 is 0 Å². The first kappa shape index (κ1) is 28.0. The summed E-state index contributed by atoms with van der Waals surface area (Å²) >= 11 is 0. The van der Waals surface area contributed by atoms with Gasteiger partial charge in [0.1, 0.15) is 0 Å². The van der Waals surface area contributed by atoms with Crippen molar-refractivity contribution in [1.82, 2.24) is 9.13 Å². The highest BCUT2D eigenvalue weighted by Crippen LogP contribution is 2.49. The van der Waals surface area contributed by atoms with Crippen molar-refractivity contribution in [3.8, 4) is 39.7 Å². The van der Waals surface area contributed by atoms with Gasteiger partial charge in [0.15, 0.2) is 0 Å². The van der Waals surface area contributed by atoms with Gasteiger partial charge in [-0.25, -0.2) is 0 Å². The topological polar surface area (TPSA) is 33.6 Å². The van der Waals surface area contributed by atoms with Gasteiger partial charge in [-0.2, -0.15) is 5.26 Å². The van der Waals surface area contributed by atoms with Crippen LogP contribution in [0.1, 0.15) is 48.2 Å². The third-order valence-electron chi connectivity index (χ3n) is 11.0. The lowest BCUT2D eigenvalue weighted by molar-refractivity contribution is 0.660. The fourth-order valence-electron chi connectivity index (χ4n) is 8.66. The molecule has 6 aromatic carbocycles. The summed E-state index contributed by atoms with van der Waals surface area (Å²) in [6.45, 7) is 4.69. The fraction of sp³-hybridized carbons (Fsp3) is 0.109. The Morgan fingerprint density at radius 2 is 1.27 bits per heavy atom. The van der Waals surface area contributed by atoms with Crippen LogP contribution in [0.5, 0.6) is 0 Å². The fourth-order valence-corrected chi connectivity index (χ4v) is 8.66. The lowest BCUT2D eigenvalue weighted by Crippen LogP contribution is -2.14. The maximum atomic E-state index is 9.35. The van der Waals surface area contributed by atoms with Crippen molar-refractivity contribution in [2.45, 2.75) is 32.1 Å². The Morgan fingerprint density at radius 1 is 0.592 bits per heavy atom. The zero-order chi connectivity index (χ0) is 32.9. The molecule has 2 aliphatic rings. The minimum Gasteiger partial charge on any atom is -0.313 e. The number of rotatable bonds is 3. The lowest BCUT2D eigenvalue weighted by atomic mass is 9.82. The molecule has 2 aromatic heterocycles. The van der Waals surface area contributed by atoms with Crippen molar-refractivity contribution in [3.05, 3.63) is 161 Å². The number of fused-ring (bicyclic) bond motifs is 9. The Kier molecular flexibility index (Phi) is 5.82. The Hall–Kier alpha value is -6.11. The molecule has 0 atom stereocenters. The molecule has 2 heterocycles. The molecule has 0 saturated heterocycles. The van der Waals surface area contributed by atoms with Gasteiger partial charge in [0.2, 0.25) is 0 Å². The predicted octanol–water partition coefficient (Wildman–Crippen LogP) is 11.5. The van der Waals surface area contributed by atoms with E-state index in [9.17, 15) is 5.26 Å². The van der Waals surface area contributed by atoms with Crippen LogP contribution in [0.15, 0.2) is 133 Å². The van der Waals surface area contributed by atoms with Crippen molar-refractivity contribution in [1.29, 1.82) is 5.26 Å². The first-order chi connectivity index (χ1) is 24.0. The Balaban J connectivity index is 1.13. The quantitative estimate of drug-likeness (QED) is 0.192. The van der Waals surface area contributed by atoms with E-state index < -0.39 is 0 Å². The number of allylic oxidation sites excluding steroid dienone is 1. The maximum absolute atomic E-state index is 9.35. The van der Waals surface area contributed by atoms with Crippen LogP contribution in [0.4, 0.5) is 0 Å². The molecule has 0 N–H and O–H groups in total. The first-order valence-corrected chi connectivity index (χ1v) is 17.1. The van der Waals surface area contributed by atoms with Gasteiger partial charge < -0.3 is 9.13 Å².